The Balaban J connectivity index is 0.00000396. The zero-order valence-corrected chi connectivity index (χ0v) is 56.9. The Labute approximate surface area is 557 Å². The summed E-state index contributed by atoms with van der Waals surface area (Å²) in [6, 6.07) is 2.65. The summed E-state index contributed by atoms with van der Waals surface area (Å²) in [5.74, 6) is -7.40. The van der Waals surface area contributed by atoms with E-state index in [9.17, 15) is 53.2 Å². The molecule has 0 saturated carbocycles. The minimum atomic E-state index is -5.32. The Kier molecular flexibility index (Phi) is 24.4. The molecule has 8 rings (SSSR count). The Hall–Kier alpha value is -7.04. The van der Waals surface area contributed by atoms with Gasteiger partial charge in [0.1, 0.15) is 18.3 Å². The van der Waals surface area contributed by atoms with Crippen molar-refractivity contribution >= 4 is 77.3 Å². The van der Waals surface area contributed by atoms with Gasteiger partial charge in [0.15, 0.2) is 6.23 Å². The maximum absolute atomic E-state index is 14.4. The number of aliphatic hydroxyl groups is 2. The Morgan fingerprint density at radius 2 is 1.38 bits per heavy atom. The molecule has 15 atom stereocenters. The van der Waals surface area contributed by atoms with E-state index in [-0.39, 0.29) is 99.4 Å². The van der Waals surface area contributed by atoms with Gasteiger partial charge in [0, 0.05) is 114 Å². The van der Waals surface area contributed by atoms with Crippen LogP contribution in [-0.4, -0.2) is 133 Å². The van der Waals surface area contributed by atoms with Crippen molar-refractivity contribution in [3.8, 4) is 0 Å². The van der Waals surface area contributed by atoms with E-state index in [2.05, 4.69) is 10.3 Å². The molecule has 1 aromatic heterocycles. The van der Waals surface area contributed by atoms with Crippen LogP contribution >= 0.6 is 7.82 Å². The number of phosphoric ester groups is 1. The van der Waals surface area contributed by atoms with E-state index in [1.165, 1.54) is 17.8 Å². The van der Waals surface area contributed by atoms with Gasteiger partial charge in [-0.1, -0.05) is 47.1 Å². The van der Waals surface area contributed by atoms with Crippen LogP contribution in [0.15, 0.2) is 67.8 Å². The van der Waals surface area contributed by atoms with Gasteiger partial charge in [0.2, 0.25) is 41.4 Å². The summed E-state index contributed by atoms with van der Waals surface area (Å²) in [6.07, 6.45) is -4.79. The number of nitrogens with two attached hydrogens (primary N) is 6. The largest absolute Gasteiger partial charge is 3.00 e. The summed E-state index contributed by atoms with van der Waals surface area (Å²) in [4.78, 5) is 128. The van der Waals surface area contributed by atoms with Crippen LogP contribution in [0.1, 0.15) is 150 Å². The van der Waals surface area contributed by atoms with Gasteiger partial charge in [-0.3, -0.25) is 53.1 Å². The minimum Gasteiger partial charge on any atom is -0.756 e. The number of ether oxygens (including phenoxy) is 1. The van der Waals surface area contributed by atoms with Gasteiger partial charge in [-0.25, -0.2) is 4.98 Å². The molecule has 17 N–H and O–H groups in total. The molecule has 0 radical (unpaired) electrons. The number of primary amides is 6. The summed E-state index contributed by atoms with van der Waals surface area (Å²) < 4.78 is 31.9. The van der Waals surface area contributed by atoms with Crippen LogP contribution in [0.4, 0.5) is 0 Å². The molecule has 8 bridgehead atoms. The number of nitrogens with one attached hydrogen (secondary N) is 1. The van der Waals surface area contributed by atoms with Crippen LogP contribution in [0.25, 0.3) is 16.4 Å². The van der Waals surface area contributed by atoms with E-state index in [1.54, 1.807) is 6.92 Å². The first-order chi connectivity index (χ1) is 42.8. The van der Waals surface area contributed by atoms with Gasteiger partial charge in [-0.2, -0.15) is 5.70 Å². The minimum absolute atomic E-state index is 0. The van der Waals surface area contributed by atoms with Gasteiger partial charge in [-0.15, -0.1) is 0 Å². The van der Waals surface area contributed by atoms with Gasteiger partial charge in [0.05, 0.1) is 30.1 Å². The Bertz CT molecular complexity index is 3600. The van der Waals surface area contributed by atoms with Crippen molar-refractivity contribution in [1.82, 2.24) is 14.9 Å². The van der Waals surface area contributed by atoms with E-state index >= 15 is 0 Å². The number of fused-ring (bicyclic) bond motifs is 7. The molecular formula is C63H90CoN14O15P. The predicted molar refractivity (Wildman–Crippen MR) is 340 cm³/mol. The number of phosphoric acid groups is 1. The summed E-state index contributed by atoms with van der Waals surface area (Å²) in [7, 11) is -5.32. The maximum atomic E-state index is 14.4. The Morgan fingerprint density at radius 1 is 0.809 bits per heavy atom. The summed E-state index contributed by atoms with van der Waals surface area (Å²) in [5, 5.41) is 36.4. The molecule has 1 aromatic carbocycles. The molecule has 7 amide bonds. The fourth-order valence-electron chi connectivity index (χ4n) is 15.3. The van der Waals surface area contributed by atoms with Crippen LogP contribution < -0.4 is 44.6 Å². The number of allylic oxidation sites excluding steroid dienone is 6. The van der Waals surface area contributed by atoms with Gasteiger partial charge in [0.25, 0.3) is 7.82 Å². The number of rotatable bonds is 26. The number of nitrogens with zero attached hydrogens (tertiary/aromatic N) is 7. The molecule has 2 unspecified atom stereocenters. The SMILES string of the molecule is C/C1=C2N=C(/C=C3N=C(/C(C)=C4\[N-][C@@](C)([C@@H]5N=C1[C@](C)(CCC(=O)NCC(C)OP(=O)([O-])O[C@H]1[C@@H](O)[C@@H](n6cnc7cc(C)c(C)cc76)O[C@@H]1CO)[C@H]5CC(N)=O)[C@@](C)(CC(N)=O)[C@@H]4CCC(N)=O)[C@@](C)(CC(N)=O)[C@@H]\3CCC(N)=O)C(C)(C)[C@@H]/2CCC(N)=O.O.[C-]#N.[Co+3]. The van der Waals surface area contributed by atoms with Crippen LogP contribution in [0.5, 0.6) is 0 Å². The van der Waals surface area contributed by atoms with Crippen LogP contribution in [0.3, 0.4) is 0 Å². The average molecular weight is 1370 g/mol. The third-order valence-corrected chi connectivity index (χ3v) is 21.6. The maximum Gasteiger partial charge on any atom is 3.00 e. The second kappa shape index (κ2) is 29.5. The number of aliphatic imine (C=N–C) groups is 3. The van der Waals surface area contributed by atoms with Gasteiger partial charge >= 0.3 is 16.8 Å². The van der Waals surface area contributed by atoms with E-state index < -0.39 is 143 Å². The second-order valence-electron chi connectivity index (χ2n) is 27.0. The number of hydrogen-bond acceptors (Lipinski definition) is 19. The van der Waals surface area contributed by atoms with Gasteiger partial charge in [-0.05, 0) is 118 Å². The number of imidazole rings is 1. The molecule has 516 valence electrons. The van der Waals surface area contributed by atoms with Gasteiger partial charge < -0.3 is 95.8 Å². The van der Waals surface area contributed by atoms with Crippen molar-refractivity contribution < 1.29 is 89.3 Å². The van der Waals surface area contributed by atoms with Crippen molar-refractivity contribution in [3.05, 3.63) is 75.8 Å². The van der Waals surface area contributed by atoms with Crippen LogP contribution in [0.2, 0.25) is 0 Å². The molecule has 6 aliphatic rings. The first kappa shape index (κ1) is 77.7. The monoisotopic (exact) mass is 1370 g/mol. The standard InChI is InChI=1S/C62H90N13O14P.CN.Co.H2O/c1-29-20-39-40(21-30(29)2)75(28-70-39)57-52(84)53(41(27-76)87-57)89-90(85,86)88-31(3)26-69-49(83)18-19-59(8)37(22-46(66)80)56-62(11)61(10,25-48(68)82)36(14-17-45(65)79)51(74-62)33(5)55-60(9,24-47(67)81)34(12-15-43(63)77)38(71-55)23-42-58(6,7)35(13-16-44(64)78)50(72-42)32(4)54(59)73-56;1-2;;/h20-21,23,28,31,34-37,41,52-53,56-57,76,84H,12-19,22,24-27H2,1-11H3,(H15,63,64,65,66,67,68,69,71,72,73,74,77,78,79,80,81,82,83,85,86);;;1H2/q;-1;+3;/p-2/t31?,34-,35-,36-,37+,41-,52-,53-,56-,57+,59-,60+,61+,62+;;;/m1.../s1. The topological polar surface area (TPSA) is 520 Å². The molecule has 0 aliphatic carbocycles. The van der Waals surface area contributed by atoms with Crippen LogP contribution in [-0.2, 0) is 68.7 Å². The number of aromatic nitrogens is 2. The molecule has 94 heavy (non-hydrogen) atoms. The number of hydrogen-bond donors (Lipinski definition) is 9. The summed E-state index contributed by atoms with van der Waals surface area (Å²) in [5.41, 5.74) is 36.7. The fraction of sp³-hybridized carbons (Fsp3) is 0.619. The first-order valence-corrected chi connectivity index (χ1v) is 32.2. The Morgan fingerprint density at radius 3 is 1.95 bits per heavy atom. The normalized spacial score (nSPS) is 32.8. The number of amides is 7. The van der Waals surface area contributed by atoms with E-state index in [0.717, 1.165) is 11.1 Å². The molecule has 7 heterocycles. The molecule has 2 saturated heterocycles. The molecular weight excluding hydrogens is 1280 g/mol. The van der Waals surface area contributed by atoms with E-state index in [4.69, 9.17) is 80.3 Å². The molecule has 6 aliphatic heterocycles. The van der Waals surface area contributed by atoms with Crippen molar-refractivity contribution in [3.63, 3.8) is 0 Å². The zero-order valence-electron chi connectivity index (χ0n) is 54.9. The number of benzene rings is 1. The van der Waals surface area contributed by atoms with Crippen molar-refractivity contribution in [2.75, 3.05) is 13.2 Å². The molecule has 2 aromatic rings. The smallest absolute Gasteiger partial charge is 0.756 e. The van der Waals surface area contributed by atoms with Crippen molar-refractivity contribution in [2.45, 2.75) is 189 Å². The van der Waals surface area contributed by atoms with Crippen molar-refractivity contribution in [2.24, 2.45) is 94.7 Å². The first-order valence-electron chi connectivity index (χ1n) is 30.7. The van der Waals surface area contributed by atoms with Crippen molar-refractivity contribution in [1.29, 1.82) is 5.26 Å². The summed E-state index contributed by atoms with van der Waals surface area (Å²) in [6.45, 7) is 23.7. The molecule has 31 heteroatoms. The van der Waals surface area contributed by atoms with E-state index in [1.807, 2.05) is 80.5 Å². The quantitative estimate of drug-likeness (QED) is 0.0483. The third-order valence-electron chi connectivity index (χ3n) is 20.5. The number of carbonyl (C=O) groups excluding carboxylic acids is 7. The molecule has 29 nitrogen and oxygen atoms in total. The van der Waals surface area contributed by atoms with Crippen LogP contribution in [0, 0.1) is 71.0 Å². The summed E-state index contributed by atoms with van der Waals surface area (Å²) >= 11 is 0. The average Bonchev–Trinajstić information content (AvgIpc) is 1.53. The number of aliphatic hydroxyl groups excluding tert-OH is 2. The zero-order chi connectivity index (χ0) is 68.7. The number of carbonyl (C=O) groups is 7. The number of aryl methyl sites for hydroxylation is 2. The fourth-order valence-corrected chi connectivity index (χ4v) is 16.4. The molecule has 0 spiro atoms. The molecule has 2 fully saturated rings. The second-order valence-corrected chi connectivity index (χ2v) is 28.3. The predicted octanol–water partition coefficient (Wildman–Crippen LogP) is 2.58. The third kappa shape index (κ3) is 15.0. The van der Waals surface area contributed by atoms with E-state index in [0.29, 0.717) is 56.4 Å².